The predicted octanol–water partition coefficient (Wildman–Crippen LogP) is 4.07. The number of anilines is 2. The number of carbonyl (C=O) groups excluding carboxylic acids is 1. The predicted molar refractivity (Wildman–Crippen MR) is 92.7 cm³/mol. The molecule has 0 heterocycles. The summed E-state index contributed by atoms with van der Waals surface area (Å²) in [5, 5.41) is 3.33. The number of hydrogen-bond acceptors (Lipinski definition) is 2. The number of benzene rings is 2. The number of urea groups is 1. The third kappa shape index (κ3) is 4.15. The highest BCUT2D eigenvalue weighted by atomic mass is 35.5. The molecular formula is C17H20ClN3O. The first kappa shape index (κ1) is 16.2. The second-order valence-corrected chi connectivity index (χ2v) is 5.73. The number of carbonyl (C=O) groups is 1. The summed E-state index contributed by atoms with van der Waals surface area (Å²) in [6.07, 6.45) is 0. The maximum atomic E-state index is 12.2. The van der Waals surface area contributed by atoms with E-state index >= 15 is 0 Å². The Kier molecular flexibility index (Phi) is 5.28. The quantitative estimate of drug-likeness (QED) is 0.922. The van der Waals surface area contributed by atoms with Gasteiger partial charge in [-0.3, -0.25) is 0 Å². The van der Waals surface area contributed by atoms with Crippen molar-refractivity contribution in [1.29, 1.82) is 0 Å². The zero-order valence-corrected chi connectivity index (χ0v) is 13.8. The number of nitrogens with zero attached hydrogens (tertiary/aromatic N) is 2. The molecule has 4 nitrogen and oxygen atoms in total. The zero-order valence-electron chi connectivity index (χ0n) is 13.0. The molecule has 0 saturated carbocycles. The standard InChI is InChI=1S/C17H20ClN3O/c1-20(2)14-10-8-13(9-11-14)12-21(3)17(22)19-16-7-5-4-6-15(16)18/h4-11H,12H2,1-3H3,(H,19,22). The molecule has 0 aliphatic rings. The van der Waals surface area contributed by atoms with Crippen LogP contribution in [0.2, 0.25) is 5.02 Å². The third-order valence-electron chi connectivity index (χ3n) is 3.33. The number of para-hydroxylation sites is 1. The molecule has 0 aliphatic carbocycles. The van der Waals surface area contributed by atoms with Crippen LogP contribution in [0.5, 0.6) is 0 Å². The minimum atomic E-state index is -0.190. The second-order valence-electron chi connectivity index (χ2n) is 5.33. The number of nitrogens with one attached hydrogen (secondary N) is 1. The van der Waals surface area contributed by atoms with Gasteiger partial charge in [0.1, 0.15) is 0 Å². The van der Waals surface area contributed by atoms with Gasteiger partial charge in [0.05, 0.1) is 10.7 Å². The van der Waals surface area contributed by atoms with Gasteiger partial charge in [-0.15, -0.1) is 0 Å². The summed E-state index contributed by atoms with van der Waals surface area (Å²) in [5.74, 6) is 0. The third-order valence-corrected chi connectivity index (χ3v) is 3.66. The van der Waals surface area contributed by atoms with Gasteiger partial charge in [0.15, 0.2) is 0 Å². The molecule has 2 rings (SSSR count). The van der Waals surface area contributed by atoms with Gasteiger partial charge in [-0.1, -0.05) is 35.9 Å². The second kappa shape index (κ2) is 7.18. The van der Waals surface area contributed by atoms with Gasteiger partial charge in [0, 0.05) is 33.4 Å². The molecule has 0 saturated heterocycles. The van der Waals surface area contributed by atoms with Crippen molar-refractivity contribution in [2.45, 2.75) is 6.54 Å². The van der Waals surface area contributed by atoms with Gasteiger partial charge in [-0.25, -0.2) is 4.79 Å². The molecule has 0 aliphatic heterocycles. The van der Waals surface area contributed by atoms with Crippen molar-refractivity contribution in [3.05, 3.63) is 59.1 Å². The lowest BCUT2D eigenvalue weighted by Gasteiger charge is -2.19. The molecule has 2 aromatic rings. The molecule has 0 bridgehead atoms. The first-order valence-electron chi connectivity index (χ1n) is 7.00. The van der Waals surface area contributed by atoms with E-state index in [1.54, 1.807) is 24.1 Å². The summed E-state index contributed by atoms with van der Waals surface area (Å²) < 4.78 is 0. The van der Waals surface area contributed by atoms with Crippen LogP contribution in [-0.4, -0.2) is 32.1 Å². The summed E-state index contributed by atoms with van der Waals surface area (Å²) in [5.41, 5.74) is 2.82. The van der Waals surface area contributed by atoms with Crippen LogP contribution in [0.1, 0.15) is 5.56 Å². The lowest BCUT2D eigenvalue weighted by atomic mass is 10.2. The van der Waals surface area contributed by atoms with E-state index < -0.39 is 0 Å². The van der Waals surface area contributed by atoms with Gasteiger partial charge in [-0.2, -0.15) is 0 Å². The van der Waals surface area contributed by atoms with Crippen LogP contribution in [-0.2, 0) is 6.54 Å². The molecule has 22 heavy (non-hydrogen) atoms. The van der Waals surface area contributed by atoms with Crippen molar-refractivity contribution >= 4 is 29.0 Å². The van der Waals surface area contributed by atoms with E-state index in [1.807, 2.05) is 55.4 Å². The van der Waals surface area contributed by atoms with E-state index in [1.165, 1.54) is 0 Å². The summed E-state index contributed by atoms with van der Waals surface area (Å²) in [6.45, 7) is 0.532. The molecule has 1 N–H and O–H groups in total. The Hall–Kier alpha value is -2.20. The van der Waals surface area contributed by atoms with E-state index in [-0.39, 0.29) is 6.03 Å². The maximum absolute atomic E-state index is 12.2. The average Bonchev–Trinajstić information content (AvgIpc) is 2.50. The molecule has 2 amide bonds. The molecule has 0 atom stereocenters. The Morgan fingerprint density at radius 2 is 1.68 bits per heavy atom. The lowest BCUT2D eigenvalue weighted by molar-refractivity contribution is 0.220. The minimum Gasteiger partial charge on any atom is -0.378 e. The van der Waals surface area contributed by atoms with Gasteiger partial charge in [-0.05, 0) is 29.8 Å². The number of hydrogen-bond donors (Lipinski definition) is 1. The average molecular weight is 318 g/mol. The highest BCUT2D eigenvalue weighted by Gasteiger charge is 2.11. The smallest absolute Gasteiger partial charge is 0.321 e. The fraction of sp³-hybridized carbons (Fsp3) is 0.235. The molecule has 5 heteroatoms. The Morgan fingerprint density at radius 1 is 1.05 bits per heavy atom. The van der Waals surface area contributed by atoms with Crippen LogP contribution in [0.25, 0.3) is 0 Å². The highest BCUT2D eigenvalue weighted by Crippen LogP contribution is 2.21. The Labute approximate surface area is 136 Å². The molecule has 0 spiro atoms. The number of halogens is 1. The van der Waals surface area contributed by atoms with Gasteiger partial charge >= 0.3 is 6.03 Å². The van der Waals surface area contributed by atoms with Crippen molar-refractivity contribution in [2.75, 3.05) is 31.4 Å². The van der Waals surface area contributed by atoms with Crippen molar-refractivity contribution in [3.63, 3.8) is 0 Å². The number of rotatable bonds is 4. The zero-order chi connectivity index (χ0) is 16.1. The number of amides is 2. The fourth-order valence-corrected chi connectivity index (χ4v) is 2.20. The minimum absolute atomic E-state index is 0.190. The normalized spacial score (nSPS) is 10.2. The van der Waals surface area contributed by atoms with Crippen LogP contribution in [0.15, 0.2) is 48.5 Å². The summed E-state index contributed by atoms with van der Waals surface area (Å²) >= 11 is 6.04. The summed E-state index contributed by atoms with van der Waals surface area (Å²) in [7, 11) is 5.75. The Bertz CT molecular complexity index is 641. The van der Waals surface area contributed by atoms with Crippen LogP contribution in [0.4, 0.5) is 16.2 Å². The van der Waals surface area contributed by atoms with Gasteiger partial charge < -0.3 is 15.1 Å². The molecule has 0 aromatic heterocycles. The van der Waals surface area contributed by atoms with E-state index in [0.29, 0.717) is 17.3 Å². The topological polar surface area (TPSA) is 35.6 Å². The monoisotopic (exact) mass is 317 g/mol. The van der Waals surface area contributed by atoms with Crippen LogP contribution < -0.4 is 10.2 Å². The van der Waals surface area contributed by atoms with E-state index in [2.05, 4.69) is 5.32 Å². The molecule has 0 fully saturated rings. The Morgan fingerprint density at radius 3 is 2.27 bits per heavy atom. The highest BCUT2D eigenvalue weighted by molar-refractivity contribution is 6.33. The van der Waals surface area contributed by atoms with Gasteiger partial charge in [0.25, 0.3) is 0 Å². The SMILES string of the molecule is CN(Cc1ccc(N(C)C)cc1)C(=O)Nc1ccccc1Cl. The molecular weight excluding hydrogens is 298 g/mol. The maximum Gasteiger partial charge on any atom is 0.321 e. The van der Waals surface area contributed by atoms with Crippen molar-refractivity contribution in [1.82, 2.24) is 4.90 Å². The van der Waals surface area contributed by atoms with E-state index in [9.17, 15) is 4.79 Å². The van der Waals surface area contributed by atoms with Crippen LogP contribution in [0.3, 0.4) is 0 Å². The first-order valence-corrected chi connectivity index (χ1v) is 7.38. The van der Waals surface area contributed by atoms with Crippen LogP contribution >= 0.6 is 11.6 Å². The van der Waals surface area contributed by atoms with Crippen molar-refractivity contribution < 1.29 is 4.79 Å². The van der Waals surface area contributed by atoms with Crippen molar-refractivity contribution in [2.24, 2.45) is 0 Å². The largest absolute Gasteiger partial charge is 0.378 e. The molecule has 0 radical (unpaired) electrons. The summed E-state index contributed by atoms with van der Waals surface area (Å²) in [4.78, 5) is 15.9. The molecule has 2 aromatic carbocycles. The van der Waals surface area contributed by atoms with Crippen molar-refractivity contribution in [3.8, 4) is 0 Å². The molecule has 0 unspecified atom stereocenters. The first-order chi connectivity index (χ1) is 10.5. The fourth-order valence-electron chi connectivity index (χ4n) is 2.02. The van der Waals surface area contributed by atoms with E-state index in [0.717, 1.165) is 11.3 Å². The van der Waals surface area contributed by atoms with Gasteiger partial charge in [0.2, 0.25) is 0 Å². The summed E-state index contributed by atoms with van der Waals surface area (Å²) in [6, 6.07) is 15.1. The molecule has 116 valence electrons. The van der Waals surface area contributed by atoms with E-state index in [4.69, 9.17) is 11.6 Å². The Balaban J connectivity index is 1.98. The van der Waals surface area contributed by atoms with Crippen LogP contribution in [0, 0.1) is 0 Å². The lowest BCUT2D eigenvalue weighted by Crippen LogP contribution is -2.30.